The molecule has 436 valence electrons. The van der Waals surface area contributed by atoms with Crippen molar-refractivity contribution in [2.24, 2.45) is 0 Å². The van der Waals surface area contributed by atoms with Gasteiger partial charge in [-0.15, -0.1) is 0 Å². The number of hydrogen-bond acceptors (Lipinski definition) is 0. The Morgan fingerprint density at radius 3 is 0.646 bits per heavy atom. The second kappa shape index (κ2) is 18.6. The fourth-order valence-corrected chi connectivity index (χ4v) is 18.4. The first-order chi connectivity index (χ1) is 47.6. The predicted molar refractivity (Wildman–Crippen MR) is 417 cm³/mol. The summed E-state index contributed by atoms with van der Waals surface area (Å²) in [6.45, 7) is 0. The van der Waals surface area contributed by atoms with Gasteiger partial charge in [-0.3, -0.25) is 0 Å². The Hall–Kier alpha value is -12.5. The monoisotopic (exact) mass is 1200 g/mol. The highest BCUT2D eigenvalue weighted by Gasteiger charge is 2.23. The van der Waals surface area contributed by atoms with E-state index in [1.54, 1.807) is 0 Å². The molecule has 0 atom stereocenters. The van der Waals surface area contributed by atoms with E-state index in [-0.39, 0.29) is 0 Å². The van der Waals surface area contributed by atoms with Crippen molar-refractivity contribution in [3.8, 4) is 44.5 Å². The summed E-state index contributed by atoms with van der Waals surface area (Å²) in [4.78, 5) is 0. The third-order valence-electron chi connectivity index (χ3n) is 22.5. The van der Waals surface area contributed by atoms with Crippen molar-refractivity contribution in [1.82, 2.24) is 0 Å². The Morgan fingerprint density at radius 2 is 0.281 bits per heavy atom. The van der Waals surface area contributed by atoms with Crippen LogP contribution in [-0.2, 0) is 0 Å². The van der Waals surface area contributed by atoms with Crippen LogP contribution in [0.3, 0.4) is 0 Å². The molecular formula is C96H52. The highest BCUT2D eigenvalue weighted by atomic mass is 14.3. The van der Waals surface area contributed by atoms with Gasteiger partial charge < -0.3 is 0 Å². The molecule has 24 aromatic rings. The van der Waals surface area contributed by atoms with Gasteiger partial charge in [0.15, 0.2) is 0 Å². The van der Waals surface area contributed by atoms with Crippen molar-refractivity contribution in [3.63, 3.8) is 0 Å². The van der Waals surface area contributed by atoms with Crippen molar-refractivity contribution in [1.29, 1.82) is 0 Å². The van der Waals surface area contributed by atoms with Gasteiger partial charge in [0.05, 0.1) is 0 Å². The Kier molecular flexibility index (Phi) is 9.92. The molecule has 0 bridgehead atoms. The number of benzene rings is 24. The van der Waals surface area contributed by atoms with Crippen LogP contribution in [0.5, 0.6) is 0 Å². The molecule has 0 saturated heterocycles. The highest BCUT2D eigenvalue weighted by molar-refractivity contribution is 6.35. The molecule has 0 saturated carbocycles. The zero-order valence-corrected chi connectivity index (χ0v) is 52.0. The summed E-state index contributed by atoms with van der Waals surface area (Å²) >= 11 is 0. The fraction of sp³-hybridized carbons (Fsp3) is 0. The molecule has 0 heterocycles. The molecule has 0 aliphatic rings. The predicted octanol–water partition coefficient (Wildman–Crippen LogP) is 27.4. The van der Waals surface area contributed by atoms with Crippen molar-refractivity contribution in [3.05, 3.63) is 315 Å². The van der Waals surface area contributed by atoms with Gasteiger partial charge in [-0.25, -0.2) is 0 Å². The molecule has 0 aromatic heterocycles. The van der Waals surface area contributed by atoms with Crippen LogP contribution in [0.15, 0.2) is 315 Å². The summed E-state index contributed by atoms with van der Waals surface area (Å²) in [6.07, 6.45) is 0. The molecule has 0 amide bonds. The third-order valence-corrected chi connectivity index (χ3v) is 22.5. The summed E-state index contributed by atoms with van der Waals surface area (Å²) in [5, 5.41) is 47.6. The first-order valence-corrected chi connectivity index (χ1v) is 33.7. The maximum absolute atomic E-state index is 2.45. The van der Waals surface area contributed by atoms with E-state index in [0.717, 1.165) is 0 Å². The lowest BCUT2D eigenvalue weighted by Gasteiger charge is -2.20. The van der Waals surface area contributed by atoms with Gasteiger partial charge in [0.2, 0.25) is 0 Å². The van der Waals surface area contributed by atoms with E-state index in [9.17, 15) is 0 Å². The lowest BCUT2D eigenvalue weighted by atomic mass is 9.83. The van der Waals surface area contributed by atoms with Crippen LogP contribution in [0.1, 0.15) is 0 Å². The van der Waals surface area contributed by atoms with Gasteiger partial charge in [0, 0.05) is 0 Å². The zero-order chi connectivity index (χ0) is 62.2. The third kappa shape index (κ3) is 6.86. The van der Waals surface area contributed by atoms with Crippen molar-refractivity contribution >= 4 is 194 Å². The molecule has 0 N–H and O–H groups in total. The van der Waals surface area contributed by atoms with Crippen LogP contribution in [0.25, 0.3) is 238 Å². The SMILES string of the molecule is c1cc2ccc3cc(-c4cc5cccc6c(-c7cc8ccc9cccc%10ccc(c7)c8c9%10)cc7cccc4c7c56)cc4ccc(c1)c2c34.c1cc2ccc3ccc(-c4cc5ccc(-c6ccc7ccc8cccc9ccc6c7c89)c6ccc7cccc4c7c56)c4ccc(c1)c2c34. The first kappa shape index (κ1) is 51.1. The van der Waals surface area contributed by atoms with Crippen LogP contribution in [0.2, 0.25) is 0 Å². The van der Waals surface area contributed by atoms with Crippen molar-refractivity contribution in [2.75, 3.05) is 0 Å². The lowest BCUT2D eigenvalue weighted by Crippen LogP contribution is -1.92. The van der Waals surface area contributed by atoms with Crippen molar-refractivity contribution < 1.29 is 0 Å². The highest BCUT2D eigenvalue weighted by Crippen LogP contribution is 2.51. The maximum atomic E-state index is 2.45. The molecule has 0 spiro atoms. The van der Waals surface area contributed by atoms with Crippen LogP contribution in [0, 0.1) is 0 Å². The van der Waals surface area contributed by atoms with E-state index in [1.165, 1.54) is 238 Å². The zero-order valence-electron chi connectivity index (χ0n) is 52.0. The molecule has 0 nitrogen and oxygen atoms in total. The Labute approximate surface area is 550 Å². The molecular weight excluding hydrogens is 1150 g/mol. The van der Waals surface area contributed by atoms with E-state index in [4.69, 9.17) is 0 Å². The molecule has 0 fully saturated rings. The standard InChI is InChI=1S/2C48H26/c1-5-27-13-17-33-21-37(22-34-18-14-28(6-1)43(27)45(33)34)41-25-31-9-4-12-40-42(26-32-10-3-11-39(41)47(32)48(31)40)38-23-35-19-15-29-7-2-8-30-16-20-36(24-38)46(35)44(29)30;1-4-27-10-12-32-14-20-35(39-23-16-29(6-1)43(27)45(32)39)36-22-19-34-26-42(38-9-3-8-31-18-25-40(36)48(34)47(31)38)37-21-15-33-13-11-28-5-2-7-30-17-24-41(37)46(33)44(28)30/h2*1-26H. The van der Waals surface area contributed by atoms with E-state index < -0.39 is 0 Å². The van der Waals surface area contributed by atoms with Crippen LogP contribution < -0.4 is 0 Å². The fourth-order valence-electron chi connectivity index (χ4n) is 18.4. The smallest absolute Gasteiger partial charge is 0.00201 e. The van der Waals surface area contributed by atoms with Gasteiger partial charge in [0.25, 0.3) is 0 Å². The van der Waals surface area contributed by atoms with E-state index in [2.05, 4.69) is 315 Å². The van der Waals surface area contributed by atoms with E-state index in [1.807, 2.05) is 0 Å². The quantitative estimate of drug-likeness (QED) is 0.154. The summed E-state index contributed by atoms with van der Waals surface area (Å²) in [6, 6.07) is 119. The van der Waals surface area contributed by atoms with Crippen LogP contribution in [0.4, 0.5) is 0 Å². The van der Waals surface area contributed by atoms with Crippen LogP contribution >= 0.6 is 0 Å². The Balaban J connectivity index is 0.000000121. The molecule has 0 heteroatoms. The minimum absolute atomic E-state index is 1.27. The summed E-state index contributed by atoms with van der Waals surface area (Å²) in [7, 11) is 0. The van der Waals surface area contributed by atoms with Crippen molar-refractivity contribution in [2.45, 2.75) is 0 Å². The van der Waals surface area contributed by atoms with Gasteiger partial charge in [-0.1, -0.05) is 273 Å². The molecule has 24 rings (SSSR count). The van der Waals surface area contributed by atoms with Gasteiger partial charge in [-0.05, 0) is 281 Å². The molecule has 0 unspecified atom stereocenters. The molecule has 0 aliphatic heterocycles. The molecule has 0 aliphatic carbocycles. The number of rotatable bonds is 4. The number of hydrogen-bond donors (Lipinski definition) is 0. The molecule has 0 radical (unpaired) electrons. The Bertz CT molecular complexity index is 7040. The maximum Gasteiger partial charge on any atom is -0.00201 e. The second-order valence-corrected chi connectivity index (χ2v) is 27.3. The average Bonchev–Trinajstić information content (AvgIpc) is 0.718. The average molecular weight is 1210 g/mol. The topological polar surface area (TPSA) is 0 Å². The Morgan fingerprint density at radius 1 is 0.104 bits per heavy atom. The van der Waals surface area contributed by atoms with Gasteiger partial charge in [0.1, 0.15) is 0 Å². The second-order valence-electron chi connectivity index (χ2n) is 27.3. The lowest BCUT2D eigenvalue weighted by molar-refractivity contribution is 1.70. The first-order valence-electron chi connectivity index (χ1n) is 33.7. The minimum atomic E-state index is 1.27. The van der Waals surface area contributed by atoms with E-state index >= 15 is 0 Å². The summed E-state index contributed by atoms with van der Waals surface area (Å²) in [5.74, 6) is 0. The summed E-state index contributed by atoms with van der Waals surface area (Å²) < 4.78 is 0. The minimum Gasteiger partial charge on any atom is -0.0610 e. The van der Waals surface area contributed by atoms with Gasteiger partial charge >= 0.3 is 0 Å². The largest absolute Gasteiger partial charge is 0.0610 e. The van der Waals surface area contributed by atoms with E-state index in [0.29, 0.717) is 0 Å². The summed E-state index contributed by atoms with van der Waals surface area (Å²) in [5.41, 5.74) is 10.3. The normalized spacial score (nSPS) is 12.6. The van der Waals surface area contributed by atoms with Gasteiger partial charge in [-0.2, -0.15) is 0 Å². The molecule has 96 heavy (non-hydrogen) atoms. The molecule has 24 aromatic carbocycles. The van der Waals surface area contributed by atoms with Crippen LogP contribution in [-0.4, -0.2) is 0 Å².